The monoisotopic (exact) mass is 836 g/mol. The molecular weight excluding hydrogens is 821 g/mol. The lowest BCUT2D eigenvalue weighted by molar-refractivity contribution is 0.360. The van der Waals surface area contributed by atoms with E-state index in [0.717, 1.165) is 36.4 Å². The maximum absolute atomic E-state index is 15.4. The molecule has 0 aliphatic heterocycles. The van der Waals surface area contributed by atoms with Crippen LogP contribution in [0, 0.1) is 53.5 Å². The number of aryl methyl sites for hydroxylation is 1. The maximum atomic E-state index is 15.4. The summed E-state index contributed by atoms with van der Waals surface area (Å²) < 4.78 is 232. The third kappa shape index (κ3) is 7.02. The second kappa shape index (κ2) is 13.4. The smallest absolute Gasteiger partial charge is 0.295 e. The van der Waals surface area contributed by atoms with Gasteiger partial charge in [-0.3, -0.25) is 13.7 Å². The lowest BCUT2D eigenvalue weighted by atomic mass is 10.0. The summed E-state index contributed by atoms with van der Waals surface area (Å²) in [5.41, 5.74) is -4.23. The van der Waals surface area contributed by atoms with Crippen LogP contribution < -0.4 is 9.47 Å². The van der Waals surface area contributed by atoms with Crippen molar-refractivity contribution in [1.29, 1.82) is 0 Å². The number of fused-ring (bicyclic) bond motifs is 2. The van der Waals surface area contributed by atoms with Crippen LogP contribution in [-0.4, -0.2) is 38.9 Å². The lowest BCUT2D eigenvalue weighted by Crippen LogP contribution is -2.09. The van der Waals surface area contributed by atoms with E-state index >= 15 is 35.1 Å². The van der Waals surface area contributed by atoms with Crippen LogP contribution in [0.5, 0.6) is 23.0 Å². The van der Waals surface area contributed by atoms with Crippen LogP contribution in [-0.2, 0) is 30.4 Å². The van der Waals surface area contributed by atoms with E-state index in [1.807, 2.05) is 0 Å². The molecule has 0 spiro atoms. The van der Waals surface area contributed by atoms with E-state index in [-0.39, 0.29) is 16.2 Å². The van der Waals surface area contributed by atoms with Crippen LogP contribution in [0.3, 0.4) is 0 Å². The predicted molar refractivity (Wildman–Crippen MR) is 174 cm³/mol. The van der Waals surface area contributed by atoms with E-state index in [2.05, 4.69) is 0 Å². The number of hydrogen-bond acceptors (Lipinski definition) is 8. The predicted octanol–water partition coefficient (Wildman–Crippen LogP) is 8.41. The molecule has 0 saturated carbocycles. The number of rotatable bonds is 8. The summed E-state index contributed by atoms with van der Waals surface area (Å²) in [4.78, 5) is -2.87. The highest BCUT2D eigenvalue weighted by Gasteiger charge is 2.36. The topological polar surface area (TPSA) is 182 Å². The highest BCUT2D eigenvalue weighted by atomic mass is 32.2. The zero-order chi connectivity index (χ0) is 40.7. The maximum Gasteiger partial charge on any atom is 0.295 e. The van der Waals surface area contributed by atoms with Gasteiger partial charge in [-0.15, -0.1) is 0 Å². The van der Waals surface area contributed by atoms with Crippen molar-refractivity contribution in [2.24, 2.45) is 0 Å². The second-order valence-electron chi connectivity index (χ2n) is 11.5. The third-order valence-electron chi connectivity index (χ3n) is 7.88. The quantitative estimate of drug-likeness (QED) is 0.0761. The van der Waals surface area contributed by atoms with E-state index < -0.39 is 131 Å². The Morgan fingerprint density at radius 3 is 1.18 bits per heavy atom. The molecule has 288 valence electrons. The van der Waals surface area contributed by atoms with Gasteiger partial charge in [0.05, 0.1) is 16.0 Å². The highest BCUT2D eigenvalue weighted by Crippen LogP contribution is 2.44. The number of benzene rings is 6. The Morgan fingerprint density at radius 1 is 0.455 bits per heavy atom. The minimum atomic E-state index is -5.29. The molecule has 6 rings (SSSR count). The molecule has 6 aromatic carbocycles. The average Bonchev–Trinajstić information content (AvgIpc) is 3.09. The van der Waals surface area contributed by atoms with Crippen molar-refractivity contribution in [3.8, 4) is 34.1 Å². The van der Waals surface area contributed by atoms with Crippen LogP contribution in [0.4, 0.5) is 35.1 Å². The van der Waals surface area contributed by atoms with E-state index in [1.54, 1.807) is 0 Å². The molecule has 22 heteroatoms. The Hall–Kier alpha value is -5.39. The Labute approximate surface area is 303 Å². The molecule has 6 aromatic rings. The Balaban J connectivity index is 1.43. The fraction of sp³-hybridized carbons (Fsp3) is 0.0303. The molecule has 0 atom stereocenters. The first-order valence-corrected chi connectivity index (χ1v) is 18.8. The van der Waals surface area contributed by atoms with Gasteiger partial charge in [0.15, 0.2) is 23.3 Å². The average molecular weight is 837 g/mol. The van der Waals surface area contributed by atoms with E-state index in [0.29, 0.717) is 23.8 Å². The molecular formula is C33H16F8O11S3. The highest BCUT2D eigenvalue weighted by molar-refractivity contribution is 7.87. The molecule has 0 fully saturated rings. The largest absolute Gasteiger partial charge is 0.451 e. The van der Waals surface area contributed by atoms with Gasteiger partial charge in [0.25, 0.3) is 30.4 Å². The number of hydrogen-bond donors (Lipinski definition) is 3. The Morgan fingerprint density at radius 2 is 0.818 bits per heavy atom. The van der Waals surface area contributed by atoms with E-state index in [4.69, 9.17) is 9.47 Å². The SMILES string of the molecule is Cc1cc(S(=O)(=O)O)c2cc(Oc3c(F)c(F)c(-c4c(F)c(F)c(Oc5ccc6cc(S(=O)(=O)O)cc(S(=O)(=O)O)c6c5)c(F)c4F)c(F)c3F)ccc2c1. The molecule has 0 amide bonds. The summed E-state index contributed by atoms with van der Waals surface area (Å²) in [6, 6.07) is 8.57. The summed E-state index contributed by atoms with van der Waals surface area (Å²) in [7, 11) is -15.2. The third-order valence-corrected chi connectivity index (χ3v) is 10.5. The van der Waals surface area contributed by atoms with Gasteiger partial charge in [-0.1, -0.05) is 18.2 Å². The molecule has 55 heavy (non-hydrogen) atoms. The fourth-order valence-corrected chi connectivity index (χ4v) is 7.64. The van der Waals surface area contributed by atoms with Gasteiger partial charge in [0.2, 0.25) is 34.8 Å². The van der Waals surface area contributed by atoms with E-state index in [9.17, 15) is 38.9 Å². The Kier molecular flexibility index (Phi) is 9.59. The first-order chi connectivity index (χ1) is 25.4. The molecule has 3 N–H and O–H groups in total. The zero-order valence-electron chi connectivity index (χ0n) is 26.6. The molecule has 0 bridgehead atoms. The summed E-state index contributed by atoms with van der Waals surface area (Å²) >= 11 is 0. The normalized spacial score (nSPS) is 12.4. The molecule has 0 aliphatic carbocycles. The van der Waals surface area contributed by atoms with Crippen LogP contribution in [0.1, 0.15) is 5.56 Å². The van der Waals surface area contributed by atoms with Crippen LogP contribution >= 0.6 is 0 Å². The standard InChI is InChI=1S/C33H16F8O11S3/c1-12-6-13-2-4-15(9-18(13)20(7-12)54(45,46)47)51-32-28(38)24(34)22(25(35)29(32)39)23-26(36)30(40)33(31(41)27(23)37)52-16-5-3-14-8-17(53(42,43)44)11-21(19(14)10-16)55(48,49)50/h2-11H,1H3,(H,42,43,44)(H,45,46,47)(H,48,49,50). The van der Waals surface area contributed by atoms with Gasteiger partial charge < -0.3 is 9.47 Å². The van der Waals surface area contributed by atoms with Crippen molar-refractivity contribution >= 4 is 51.9 Å². The molecule has 0 saturated heterocycles. The Bertz CT molecular complexity index is 2960. The van der Waals surface area contributed by atoms with Crippen LogP contribution in [0.15, 0.2) is 75.4 Å². The lowest BCUT2D eigenvalue weighted by Gasteiger charge is -2.17. The van der Waals surface area contributed by atoms with Gasteiger partial charge >= 0.3 is 0 Å². The van der Waals surface area contributed by atoms with Crippen LogP contribution in [0.25, 0.3) is 32.7 Å². The zero-order valence-corrected chi connectivity index (χ0v) is 29.1. The van der Waals surface area contributed by atoms with Gasteiger partial charge in [-0.05, 0) is 65.7 Å². The first-order valence-electron chi connectivity index (χ1n) is 14.5. The molecule has 0 aromatic heterocycles. The molecule has 0 radical (unpaired) electrons. The van der Waals surface area contributed by atoms with Crippen molar-refractivity contribution in [2.45, 2.75) is 21.6 Å². The van der Waals surface area contributed by atoms with Crippen molar-refractivity contribution in [3.63, 3.8) is 0 Å². The molecule has 0 unspecified atom stereocenters. The van der Waals surface area contributed by atoms with Crippen molar-refractivity contribution < 1.29 is 83.5 Å². The molecule has 0 heterocycles. The summed E-state index contributed by atoms with van der Waals surface area (Å²) in [5.74, 6) is -25.9. The van der Waals surface area contributed by atoms with Gasteiger partial charge in [-0.25, -0.2) is 17.6 Å². The summed E-state index contributed by atoms with van der Waals surface area (Å²) in [5, 5.41) is -1.06. The fourth-order valence-electron chi connectivity index (χ4n) is 5.50. The summed E-state index contributed by atoms with van der Waals surface area (Å²) in [6.45, 7) is 1.48. The van der Waals surface area contributed by atoms with Crippen molar-refractivity contribution in [2.75, 3.05) is 0 Å². The first kappa shape index (κ1) is 39.3. The minimum absolute atomic E-state index is 0.161. The molecule has 0 aliphatic rings. The molecule has 11 nitrogen and oxygen atoms in total. The van der Waals surface area contributed by atoms with Gasteiger partial charge in [0.1, 0.15) is 21.3 Å². The van der Waals surface area contributed by atoms with Crippen molar-refractivity contribution in [1.82, 2.24) is 0 Å². The van der Waals surface area contributed by atoms with Gasteiger partial charge in [0, 0.05) is 10.8 Å². The minimum Gasteiger partial charge on any atom is -0.451 e. The number of halogens is 8. The van der Waals surface area contributed by atoms with E-state index in [1.165, 1.54) is 13.0 Å². The van der Waals surface area contributed by atoms with Crippen molar-refractivity contribution in [3.05, 3.63) is 113 Å². The summed E-state index contributed by atoms with van der Waals surface area (Å²) in [6.07, 6.45) is 0. The van der Waals surface area contributed by atoms with Crippen LogP contribution in [0.2, 0.25) is 0 Å². The second-order valence-corrected chi connectivity index (χ2v) is 15.7. The number of ether oxygens (including phenoxy) is 2. The van der Waals surface area contributed by atoms with Gasteiger partial charge in [-0.2, -0.15) is 42.8 Å².